The summed E-state index contributed by atoms with van der Waals surface area (Å²) >= 11 is 8.93. The van der Waals surface area contributed by atoms with Crippen LogP contribution < -0.4 is 0 Å². The van der Waals surface area contributed by atoms with E-state index >= 15 is 0 Å². The van der Waals surface area contributed by atoms with E-state index in [-0.39, 0.29) is 5.78 Å². The lowest BCUT2D eigenvalue weighted by Crippen LogP contribution is -2.03. The van der Waals surface area contributed by atoms with Crippen LogP contribution in [0.2, 0.25) is 5.02 Å². The van der Waals surface area contributed by atoms with E-state index in [1.807, 2.05) is 0 Å². The zero-order valence-corrected chi connectivity index (χ0v) is 9.74. The first-order chi connectivity index (χ1) is 6.70. The molecule has 0 atom stereocenters. The van der Waals surface area contributed by atoms with Gasteiger partial charge in [0.1, 0.15) is 6.67 Å². The number of carbonyl (C=O) groups is 1. The van der Waals surface area contributed by atoms with Crippen molar-refractivity contribution in [1.82, 2.24) is 0 Å². The van der Waals surface area contributed by atoms with Gasteiger partial charge in [0.05, 0.1) is 0 Å². The Bertz CT molecular complexity index is 341. The molecule has 0 unspecified atom stereocenters. The van der Waals surface area contributed by atoms with Crippen LogP contribution in [0.15, 0.2) is 18.2 Å². The maximum atomic E-state index is 12.6. The molecule has 14 heavy (non-hydrogen) atoms. The van der Waals surface area contributed by atoms with Gasteiger partial charge in [0.25, 0.3) is 0 Å². The average Bonchev–Trinajstić information content (AvgIpc) is 2.17. The van der Waals surface area contributed by atoms with Gasteiger partial charge in [-0.15, -0.1) is 0 Å². The van der Waals surface area contributed by atoms with Crippen LogP contribution in [0.5, 0.6) is 0 Å². The third-order valence-electron chi connectivity index (χ3n) is 1.87. The van der Waals surface area contributed by atoms with Crippen molar-refractivity contribution in [3.8, 4) is 0 Å². The number of ketones is 1. The second kappa shape index (κ2) is 5.47. The first-order valence-electron chi connectivity index (χ1n) is 4.13. The van der Waals surface area contributed by atoms with E-state index in [1.54, 1.807) is 18.2 Å². The Hall–Kier alpha value is -0.410. The first kappa shape index (κ1) is 11.7. The summed E-state index contributed by atoms with van der Waals surface area (Å²) in [5.74, 6) is -0.0861. The van der Waals surface area contributed by atoms with Crippen molar-refractivity contribution in [2.24, 2.45) is 0 Å². The monoisotopic (exact) mass is 278 g/mol. The minimum atomic E-state index is -0.705. The molecule has 0 fully saturated rings. The first-order valence-corrected chi connectivity index (χ1v) is 5.63. The van der Waals surface area contributed by atoms with Crippen molar-refractivity contribution in [2.45, 2.75) is 13.1 Å². The van der Waals surface area contributed by atoms with Crippen LogP contribution in [0.4, 0.5) is 4.39 Å². The number of carbonyl (C=O) groups excluding carboxylic acids is 1. The smallest absolute Gasteiger partial charge is 0.164 e. The second-order valence-electron chi connectivity index (χ2n) is 2.76. The predicted molar refractivity (Wildman–Crippen MR) is 59.0 cm³/mol. The molecule has 0 radical (unpaired) electrons. The van der Waals surface area contributed by atoms with Crippen molar-refractivity contribution in [3.05, 3.63) is 34.3 Å². The second-order valence-corrected chi connectivity index (χ2v) is 3.96. The lowest BCUT2D eigenvalue weighted by molar-refractivity contribution is 0.0988. The normalized spacial score (nSPS) is 10.2. The molecule has 0 aliphatic rings. The van der Waals surface area contributed by atoms with Crippen molar-refractivity contribution >= 4 is 33.3 Å². The van der Waals surface area contributed by atoms with Gasteiger partial charge in [-0.3, -0.25) is 4.79 Å². The van der Waals surface area contributed by atoms with Crippen LogP contribution in [0.1, 0.15) is 22.3 Å². The fraction of sp³-hybridized carbons (Fsp3) is 0.300. The van der Waals surface area contributed by atoms with Crippen LogP contribution in [0, 0.1) is 0 Å². The summed E-state index contributed by atoms with van der Waals surface area (Å²) in [4.78, 5) is 11.5. The molecular weight excluding hydrogens is 270 g/mol. The summed E-state index contributed by atoms with van der Waals surface area (Å²) in [6, 6.07) is 4.84. The van der Waals surface area contributed by atoms with Gasteiger partial charge in [-0.25, -0.2) is 4.39 Å². The lowest BCUT2D eigenvalue weighted by atomic mass is 10.0. The largest absolute Gasteiger partial charge is 0.294 e. The summed E-state index contributed by atoms with van der Waals surface area (Å²) in [6.07, 6.45) is 0.355. The minimum Gasteiger partial charge on any atom is -0.294 e. The average molecular weight is 280 g/mol. The van der Waals surface area contributed by atoms with Crippen molar-refractivity contribution < 1.29 is 9.18 Å². The number of hydrogen-bond donors (Lipinski definition) is 0. The van der Waals surface area contributed by atoms with Crippen LogP contribution in [0.25, 0.3) is 0 Å². The van der Waals surface area contributed by atoms with Crippen molar-refractivity contribution in [2.75, 3.05) is 5.33 Å². The molecule has 0 saturated heterocycles. The molecule has 1 aromatic carbocycles. The van der Waals surface area contributed by atoms with Crippen molar-refractivity contribution in [1.29, 1.82) is 0 Å². The Morgan fingerprint density at radius 1 is 1.50 bits per heavy atom. The molecule has 0 saturated carbocycles. The Morgan fingerprint density at radius 2 is 2.21 bits per heavy atom. The van der Waals surface area contributed by atoms with E-state index in [2.05, 4.69) is 15.9 Å². The molecule has 1 aromatic rings. The minimum absolute atomic E-state index is 0.0861. The number of rotatable bonds is 4. The maximum absolute atomic E-state index is 12.6. The number of benzene rings is 1. The lowest BCUT2D eigenvalue weighted by Gasteiger charge is -2.06. The van der Waals surface area contributed by atoms with Gasteiger partial charge in [-0.05, 0) is 6.07 Å². The van der Waals surface area contributed by atoms with Crippen LogP contribution in [-0.2, 0) is 6.67 Å². The van der Waals surface area contributed by atoms with Crippen LogP contribution >= 0.6 is 27.5 Å². The third-order valence-corrected chi connectivity index (χ3v) is 2.63. The van der Waals surface area contributed by atoms with Gasteiger partial charge >= 0.3 is 0 Å². The highest BCUT2D eigenvalue weighted by atomic mass is 79.9. The molecule has 0 aliphatic carbocycles. The zero-order valence-electron chi connectivity index (χ0n) is 7.40. The van der Waals surface area contributed by atoms with Crippen molar-refractivity contribution in [3.63, 3.8) is 0 Å². The number of hydrogen-bond acceptors (Lipinski definition) is 1. The molecule has 0 aliphatic heterocycles. The third kappa shape index (κ3) is 2.55. The fourth-order valence-corrected chi connectivity index (χ4v) is 1.76. The van der Waals surface area contributed by atoms with Gasteiger partial charge in [0.2, 0.25) is 0 Å². The Balaban J connectivity index is 3.07. The van der Waals surface area contributed by atoms with Gasteiger partial charge in [-0.2, -0.15) is 0 Å². The molecule has 0 N–H and O–H groups in total. The molecule has 1 nitrogen and oxygen atoms in total. The summed E-state index contributed by atoms with van der Waals surface area (Å²) in [6.45, 7) is -0.705. The maximum Gasteiger partial charge on any atom is 0.164 e. The summed E-state index contributed by atoms with van der Waals surface area (Å²) in [5.41, 5.74) is 0.680. The fourth-order valence-electron chi connectivity index (χ4n) is 1.18. The Morgan fingerprint density at radius 3 is 2.79 bits per heavy atom. The van der Waals surface area contributed by atoms with E-state index < -0.39 is 6.67 Å². The van der Waals surface area contributed by atoms with Crippen LogP contribution in [-0.4, -0.2) is 11.1 Å². The predicted octanol–water partition coefficient (Wildman–Crippen LogP) is 3.78. The van der Waals surface area contributed by atoms with Gasteiger partial charge in [0.15, 0.2) is 5.78 Å². The number of alkyl halides is 2. The molecule has 0 aromatic heterocycles. The molecule has 4 heteroatoms. The molecule has 0 amide bonds. The van der Waals surface area contributed by atoms with Crippen LogP contribution in [0.3, 0.4) is 0 Å². The Kier molecular flexibility index (Phi) is 4.55. The standard InChI is InChI=1S/C10H9BrClFO/c11-5-4-10(14)7-2-1-3-9(12)8(7)6-13/h1-3H,4-6H2. The molecule has 0 heterocycles. The van der Waals surface area contributed by atoms with E-state index in [1.165, 1.54) is 0 Å². The summed E-state index contributed by atoms with van der Waals surface area (Å²) in [7, 11) is 0. The topological polar surface area (TPSA) is 17.1 Å². The van der Waals surface area contributed by atoms with E-state index in [9.17, 15) is 9.18 Å². The molecule has 76 valence electrons. The highest BCUT2D eigenvalue weighted by molar-refractivity contribution is 9.09. The highest BCUT2D eigenvalue weighted by Crippen LogP contribution is 2.22. The summed E-state index contributed by atoms with van der Waals surface area (Å²) < 4.78 is 12.6. The van der Waals surface area contributed by atoms with E-state index in [4.69, 9.17) is 11.6 Å². The molecule has 0 bridgehead atoms. The molecule has 0 spiro atoms. The van der Waals surface area contributed by atoms with E-state index in [0.717, 1.165) is 0 Å². The number of halogens is 3. The van der Waals surface area contributed by atoms with Gasteiger partial charge in [-0.1, -0.05) is 39.7 Å². The Labute approximate surface area is 95.4 Å². The number of Topliss-reactive ketones (excluding diaryl/α,β-unsaturated/α-hetero) is 1. The van der Waals surface area contributed by atoms with Gasteiger partial charge < -0.3 is 0 Å². The quantitative estimate of drug-likeness (QED) is 0.605. The zero-order chi connectivity index (χ0) is 10.6. The summed E-state index contributed by atoms with van der Waals surface area (Å²) in [5, 5.41) is 0.886. The molecular formula is C10H9BrClFO. The van der Waals surface area contributed by atoms with E-state index in [0.29, 0.717) is 27.9 Å². The van der Waals surface area contributed by atoms with Gasteiger partial charge in [0, 0.05) is 27.9 Å². The molecule has 1 rings (SSSR count). The highest BCUT2D eigenvalue weighted by Gasteiger charge is 2.12. The SMILES string of the molecule is O=C(CCBr)c1cccc(Cl)c1CF.